The molecule has 0 bridgehead atoms. The SMILES string of the molecule is C#CCNc1ccccc1.CCC. The van der Waals surface area contributed by atoms with Gasteiger partial charge in [0.25, 0.3) is 0 Å². The second-order valence-electron chi connectivity index (χ2n) is 2.63. The van der Waals surface area contributed by atoms with Crippen molar-refractivity contribution in [1.29, 1.82) is 0 Å². The van der Waals surface area contributed by atoms with Crippen molar-refractivity contribution in [1.82, 2.24) is 0 Å². The molecule has 0 aromatic heterocycles. The van der Waals surface area contributed by atoms with E-state index in [1.807, 2.05) is 30.3 Å². The molecule has 1 N–H and O–H groups in total. The molecular formula is C12H17N. The van der Waals surface area contributed by atoms with Crippen molar-refractivity contribution in [3.63, 3.8) is 0 Å². The van der Waals surface area contributed by atoms with Gasteiger partial charge in [-0.1, -0.05) is 44.4 Å². The Morgan fingerprint density at radius 3 is 2.23 bits per heavy atom. The molecule has 0 unspecified atom stereocenters. The summed E-state index contributed by atoms with van der Waals surface area (Å²) in [4.78, 5) is 0. The van der Waals surface area contributed by atoms with Crippen LogP contribution in [-0.2, 0) is 0 Å². The van der Waals surface area contributed by atoms with Gasteiger partial charge in [0.15, 0.2) is 0 Å². The molecule has 70 valence electrons. The van der Waals surface area contributed by atoms with Crippen LogP contribution < -0.4 is 5.32 Å². The molecule has 0 radical (unpaired) electrons. The maximum absolute atomic E-state index is 5.06. The van der Waals surface area contributed by atoms with Crippen LogP contribution in [0.4, 0.5) is 5.69 Å². The fourth-order valence-corrected chi connectivity index (χ4v) is 0.709. The van der Waals surface area contributed by atoms with Crippen LogP contribution in [0.5, 0.6) is 0 Å². The lowest BCUT2D eigenvalue weighted by atomic mass is 10.3. The summed E-state index contributed by atoms with van der Waals surface area (Å²) in [7, 11) is 0. The highest BCUT2D eigenvalue weighted by atomic mass is 14.8. The Bertz CT molecular complexity index is 233. The minimum atomic E-state index is 0.587. The second-order valence-corrected chi connectivity index (χ2v) is 2.63. The zero-order chi connectivity index (χ0) is 9.94. The van der Waals surface area contributed by atoms with E-state index in [9.17, 15) is 0 Å². The maximum Gasteiger partial charge on any atom is 0.0763 e. The van der Waals surface area contributed by atoms with Gasteiger partial charge in [-0.3, -0.25) is 0 Å². The molecule has 1 aromatic rings. The highest BCUT2D eigenvalue weighted by molar-refractivity contribution is 5.43. The summed E-state index contributed by atoms with van der Waals surface area (Å²) in [6, 6.07) is 9.88. The minimum Gasteiger partial charge on any atom is -0.374 e. The molecule has 0 aliphatic heterocycles. The van der Waals surface area contributed by atoms with Crippen LogP contribution >= 0.6 is 0 Å². The van der Waals surface area contributed by atoms with E-state index < -0.39 is 0 Å². The van der Waals surface area contributed by atoms with Crippen LogP contribution in [0.3, 0.4) is 0 Å². The largest absolute Gasteiger partial charge is 0.374 e. The predicted octanol–water partition coefficient (Wildman–Crippen LogP) is 3.15. The van der Waals surface area contributed by atoms with Crippen LogP contribution in [0.15, 0.2) is 30.3 Å². The highest BCUT2D eigenvalue weighted by Crippen LogP contribution is 2.02. The number of hydrogen-bond donors (Lipinski definition) is 1. The number of hydrogen-bond acceptors (Lipinski definition) is 1. The van der Waals surface area contributed by atoms with Gasteiger partial charge in [0.2, 0.25) is 0 Å². The van der Waals surface area contributed by atoms with Crippen molar-refractivity contribution in [2.75, 3.05) is 11.9 Å². The minimum absolute atomic E-state index is 0.587. The third-order valence-corrected chi connectivity index (χ3v) is 1.17. The van der Waals surface area contributed by atoms with E-state index >= 15 is 0 Å². The van der Waals surface area contributed by atoms with Gasteiger partial charge in [-0.05, 0) is 12.1 Å². The number of para-hydroxylation sites is 1. The van der Waals surface area contributed by atoms with Gasteiger partial charge in [-0.25, -0.2) is 0 Å². The molecule has 0 aliphatic carbocycles. The van der Waals surface area contributed by atoms with Gasteiger partial charge >= 0.3 is 0 Å². The smallest absolute Gasteiger partial charge is 0.0763 e. The third kappa shape index (κ3) is 6.96. The van der Waals surface area contributed by atoms with Crippen molar-refractivity contribution in [2.24, 2.45) is 0 Å². The molecule has 0 atom stereocenters. The van der Waals surface area contributed by atoms with E-state index in [0.29, 0.717) is 6.54 Å². The second kappa shape index (κ2) is 8.67. The van der Waals surface area contributed by atoms with Crippen molar-refractivity contribution in [2.45, 2.75) is 20.3 Å². The van der Waals surface area contributed by atoms with Gasteiger partial charge in [0, 0.05) is 5.69 Å². The maximum atomic E-state index is 5.06. The Kier molecular flexibility index (Phi) is 7.73. The molecule has 13 heavy (non-hydrogen) atoms. The molecule has 0 saturated carbocycles. The van der Waals surface area contributed by atoms with Crippen LogP contribution in [0.25, 0.3) is 0 Å². The topological polar surface area (TPSA) is 12.0 Å². The van der Waals surface area contributed by atoms with E-state index in [0.717, 1.165) is 5.69 Å². The van der Waals surface area contributed by atoms with Gasteiger partial charge in [0.1, 0.15) is 0 Å². The number of anilines is 1. The van der Waals surface area contributed by atoms with E-state index in [2.05, 4.69) is 25.1 Å². The van der Waals surface area contributed by atoms with Crippen molar-refractivity contribution < 1.29 is 0 Å². The molecule has 0 heterocycles. The zero-order valence-corrected chi connectivity index (χ0v) is 8.38. The summed E-state index contributed by atoms with van der Waals surface area (Å²) in [6.45, 7) is 4.84. The van der Waals surface area contributed by atoms with Gasteiger partial charge in [0.05, 0.1) is 6.54 Å². The van der Waals surface area contributed by atoms with E-state index in [-0.39, 0.29) is 0 Å². The third-order valence-electron chi connectivity index (χ3n) is 1.17. The van der Waals surface area contributed by atoms with E-state index in [1.54, 1.807) is 0 Å². The van der Waals surface area contributed by atoms with Gasteiger partial charge < -0.3 is 5.32 Å². The molecule has 1 aromatic carbocycles. The first-order chi connectivity index (χ1) is 6.35. The Balaban J connectivity index is 0.000000424. The normalized spacial score (nSPS) is 7.77. The van der Waals surface area contributed by atoms with Crippen molar-refractivity contribution in [3.05, 3.63) is 30.3 Å². The summed E-state index contributed by atoms with van der Waals surface area (Å²) in [6.07, 6.45) is 6.31. The molecule has 0 aliphatic rings. The fourth-order valence-electron chi connectivity index (χ4n) is 0.709. The molecule has 1 nitrogen and oxygen atoms in total. The van der Waals surface area contributed by atoms with Crippen molar-refractivity contribution in [3.8, 4) is 12.3 Å². The molecular weight excluding hydrogens is 158 g/mol. The number of benzene rings is 1. The summed E-state index contributed by atoms with van der Waals surface area (Å²) in [5, 5.41) is 3.06. The first kappa shape index (κ1) is 11.6. The number of terminal acetylenes is 1. The van der Waals surface area contributed by atoms with E-state index in [4.69, 9.17) is 6.42 Å². The van der Waals surface area contributed by atoms with Crippen LogP contribution in [0, 0.1) is 12.3 Å². The quantitative estimate of drug-likeness (QED) is 0.681. The first-order valence-corrected chi connectivity index (χ1v) is 4.57. The van der Waals surface area contributed by atoms with Crippen LogP contribution in [0.2, 0.25) is 0 Å². The predicted molar refractivity (Wildman–Crippen MR) is 59.7 cm³/mol. The lowest BCUT2D eigenvalue weighted by Crippen LogP contribution is -1.96. The van der Waals surface area contributed by atoms with Gasteiger partial charge in [-0.2, -0.15) is 0 Å². The van der Waals surface area contributed by atoms with Gasteiger partial charge in [-0.15, -0.1) is 6.42 Å². The Hall–Kier alpha value is -1.42. The van der Waals surface area contributed by atoms with Crippen LogP contribution in [-0.4, -0.2) is 6.54 Å². The molecule has 1 rings (SSSR count). The first-order valence-electron chi connectivity index (χ1n) is 4.57. The van der Waals surface area contributed by atoms with Crippen molar-refractivity contribution >= 4 is 5.69 Å². The lowest BCUT2D eigenvalue weighted by molar-refractivity contribution is 1.09. The standard InChI is InChI=1S/C9H9N.C3H8/c1-2-8-10-9-6-4-3-5-7-9;1-3-2/h1,3-7,10H,8H2;3H2,1-2H3. The summed E-state index contributed by atoms with van der Waals surface area (Å²) < 4.78 is 0. The molecule has 0 spiro atoms. The summed E-state index contributed by atoms with van der Waals surface area (Å²) in [5.41, 5.74) is 1.07. The highest BCUT2D eigenvalue weighted by Gasteiger charge is 1.82. The lowest BCUT2D eigenvalue weighted by Gasteiger charge is -1.98. The Morgan fingerprint density at radius 2 is 1.77 bits per heavy atom. The molecule has 0 fully saturated rings. The zero-order valence-electron chi connectivity index (χ0n) is 8.38. The summed E-state index contributed by atoms with van der Waals surface area (Å²) in [5.74, 6) is 2.51. The molecule has 0 saturated heterocycles. The average Bonchev–Trinajstić information content (AvgIpc) is 2.18. The van der Waals surface area contributed by atoms with Crippen LogP contribution in [0.1, 0.15) is 20.3 Å². The fraction of sp³-hybridized carbons (Fsp3) is 0.333. The molecule has 0 amide bonds. The number of rotatable bonds is 2. The Morgan fingerprint density at radius 1 is 1.23 bits per heavy atom. The monoisotopic (exact) mass is 175 g/mol. The molecule has 1 heteroatoms. The Labute approximate surface area is 81.2 Å². The average molecular weight is 175 g/mol. The number of nitrogens with one attached hydrogen (secondary N) is 1. The summed E-state index contributed by atoms with van der Waals surface area (Å²) >= 11 is 0. The van der Waals surface area contributed by atoms with E-state index in [1.165, 1.54) is 6.42 Å².